The Morgan fingerprint density at radius 3 is 2.55 bits per heavy atom. The second kappa shape index (κ2) is 7.99. The van der Waals surface area contributed by atoms with Crippen LogP contribution in [-0.4, -0.2) is 12.5 Å². The Hall–Kier alpha value is -1.81. The first-order valence-corrected chi connectivity index (χ1v) is 8.16. The molecule has 0 heterocycles. The van der Waals surface area contributed by atoms with Crippen LogP contribution in [0.5, 0.6) is 5.75 Å². The minimum atomic E-state index is -0.165. The lowest BCUT2D eigenvalue weighted by Crippen LogP contribution is -2.20. The summed E-state index contributed by atoms with van der Waals surface area (Å²) < 4.78 is 6.67. The summed E-state index contributed by atoms with van der Waals surface area (Å²) in [4.78, 5) is 12.0. The molecule has 0 bridgehead atoms. The minimum Gasteiger partial charge on any atom is -0.483 e. The molecule has 0 saturated carbocycles. The van der Waals surface area contributed by atoms with E-state index in [2.05, 4.69) is 41.2 Å². The molecule has 1 unspecified atom stereocenters. The molecule has 1 N–H and O–H groups in total. The number of ether oxygens (including phenoxy) is 1. The van der Waals surface area contributed by atoms with Crippen LogP contribution in [0.25, 0.3) is 0 Å². The molecule has 116 valence electrons. The van der Waals surface area contributed by atoms with Gasteiger partial charge in [-0.05, 0) is 48.2 Å². The molecule has 0 aromatic heterocycles. The molecule has 0 aliphatic carbocycles. The third kappa shape index (κ3) is 4.60. The van der Waals surface area contributed by atoms with Crippen LogP contribution >= 0.6 is 15.9 Å². The maximum Gasteiger partial charge on any atom is 0.262 e. The molecule has 4 heteroatoms. The molecular weight excluding hydrogens is 342 g/mol. The molecule has 0 saturated heterocycles. The predicted molar refractivity (Wildman–Crippen MR) is 93.4 cm³/mol. The highest BCUT2D eigenvalue weighted by Gasteiger charge is 2.11. The van der Waals surface area contributed by atoms with Gasteiger partial charge in [0, 0.05) is 10.2 Å². The van der Waals surface area contributed by atoms with E-state index >= 15 is 0 Å². The zero-order valence-electron chi connectivity index (χ0n) is 12.8. The van der Waals surface area contributed by atoms with Crippen molar-refractivity contribution in [1.29, 1.82) is 0 Å². The van der Waals surface area contributed by atoms with Crippen LogP contribution in [0.2, 0.25) is 0 Å². The Balaban J connectivity index is 1.95. The highest BCUT2D eigenvalue weighted by atomic mass is 79.9. The zero-order chi connectivity index (χ0) is 15.9. The largest absolute Gasteiger partial charge is 0.483 e. The van der Waals surface area contributed by atoms with Crippen LogP contribution in [0.3, 0.4) is 0 Å². The summed E-state index contributed by atoms with van der Waals surface area (Å²) in [7, 11) is 0. The van der Waals surface area contributed by atoms with Crippen molar-refractivity contribution in [2.45, 2.75) is 26.2 Å². The molecule has 0 aliphatic heterocycles. The molecule has 2 aromatic rings. The number of para-hydroxylation sites is 1. The van der Waals surface area contributed by atoms with E-state index in [1.807, 2.05) is 42.5 Å². The molecule has 2 rings (SSSR count). The number of hydrogen-bond acceptors (Lipinski definition) is 2. The monoisotopic (exact) mass is 361 g/mol. The van der Waals surface area contributed by atoms with E-state index in [1.165, 1.54) is 0 Å². The summed E-state index contributed by atoms with van der Waals surface area (Å²) >= 11 is 3.36. The fourth-order valence-corrected chi connectivity index (χ4v) is 2.38. The summed E-state index contributed by atoms with van der Waals surface area (Å²) in [6.45, 7) is 4.30. The SMILES string of the molecule is CCC(C)c1ccccc1OCC(=O)Nc1ccc(Br)cc1. The van der Waals surface area contributed by atoms with E-state index in [4.69, 9.17) is 4.74 Å². The first kappa shape index (κ1) is 16.6. The first-order chi connectivity index (χ1) is 10.6. The second-order valence-corrected chi connectivity index (χ2v) is 6.11. The predicted octanol–water partition coefficient (Wildman–Crippen LogP) is 4.98. The zero-order valence-corrected chi connectivity index (χ0v) is 14.4. The van der Waals surface area contributed by atoms with Gasteiger partial charge in [0.1, 0.15) is 5.75 Å². The molecule has 1 atom stereocenters. The van der Waals surface area contributed by atoms with Gasteiger partial charge in [-0.3, -0.25) is 4.79 Å². The van der Waals surface area contributed by atoms with Gasteiger partial charge in [0.05, 0.1) is 0 Å². The third-order valence-corrected chi connectivity index (χ3v) is 4.08. The molecule has 0 radical (unpaired) electrons. The van der Waals surface area contributed by atoms with Crippen molar-refractivity contribution in [2.24, 2.45) is 0 Å². The number of nitrogens with one attached hydrogen (secondary N) is 1. The summed E-state index contributed by atoms with van der Waals surface area (Å²) in [5, 5.41) is 2.82. The van der Waals surface area contributed by atoms with Gasteiger partial charge in [-0.1, -0.05) is 48.0 Å². The minimum absolute atomic E-state index is 0.00348. The Morgan fingerprint density at radius 2 is 1.86 bits per heavy atom. The van der Waals surface area contributed by atoms with E-state index in [9.17, 15) is 4.79 Å². The average Bonchev–Trinajstić information content (AvgIpc) is 2.54. The van der Waals surface area contributed by atoms with Crippen molar-refractivity contribution in [3.05, 3.63) is 58.6 Å². The maximum absolute atomic E-state index is 12.0. The molecule has 0 fully saturated rings. The highest BCUT2D eigenvalue weighted by molar-refractivity contribution is 9.10. The van der Waals surface area contributed by atoms with Gasteiger partial charge in [0.15, 0.2) is 6.61 Å². The number of carbonyl (C=O) groups is 1. The fourth-order valence-electron chi connectivity index (χ4n) is 2.11. The van der Waals surface area contributed by atoms with Crippen molar-refractivity contribution in [3.8, 4) is 5.75 Å². The van der Waals surface area contributed by atoms with Crippen LogP contribution in [0.15, 0.2) is 53.0 Å². The Morgan fingerprint density at radius 1 is 1.18 bits per heavy atom. The van der Waals surface area contributed by atoms with Gasteiger partial charge < -0.3 is 10.1 Å². The summed E-state index contributed by atoms with van der Waals surface area (Å²) in [5.74, 6) is 1.02. The van der Waals surface area contributed by atoms with Crippen molar-refractivity contribution in [3.63, 3.8) is 0 Å². The van der Waals surface area contributed by atoms with E-state index in [1.54, 1.807) is 0 Å². The number of amides is 1. The molecule has 2 aromatic carbocycles. The Labute approximate surface area is 139 Å². The van der Waals surface area contributed by atoms with E-state index in [0.29, 0.717) is 5.92 Å². The normalized spacial score (nSPS) is 11.8. The van der Waals surface area contributed by atoms with Crippen molar-refractivity contribution >= 4 is 27.5 Å². The summed E-state index contributed by atoms with van der Waals surface area (Å²) in [5.41, 5.74) is 1.90. The Kier molecular flexibility index (Phi) is 6.01. The fraction of sp³-hybridized carbons (Fsp3) is 0.278. The number of halogens is 1. The summed E-state index contributed by atoms with van der Waals surface area (Å²) in [6.07, 6.45) is 1.03. The van der Waals surface area contributed by atoms with Crippen LogP contribution in [0.4, 0.5) is 5.69 Å². The van der Waals surface area contributed by atoms with Crippen molar-refractivity contribution in [1.82, 2.24) is 0 Å². The number of carbonyl (C=O) groups excluding carboxylic acids is 1. The number of benzene rings is 2. The van der Waals surface area contributed by atoms with Gasteiger partial charge >= 0.3 is 0 Å². The van der Waals surface area contributed by atoms with Gasteiger partial charge in [0.25, 0.3) is 5.91 Å². The Bertz CT molecular complexity index is 625. The lowest BCUT2D eigenvalue weighted by Gasteiger charge is -2.15. The van der Waals surface area contributed by atoms with E-state index in [-0.39, 0.29) is 12.5 Å². The summed E-state index contributed by atoms with van der Waals surface area (Å²) in [6, 6.07) is 15.3. The first-order valence-electron chi connectivity index (χ1n) is 7.37. The molecular formula is C18H20BrNO2. The van der Waals surface area contributed by atoms with Gasteiger partial charge in [0.2, 0.25) is 0 Å². The van der Waals surface area contributed by atoms with Crippen molar-refractivity contribution in [2.75, 3.05) is 11.9 Å². The molecule has 3 nitrogen and oxygen atoms in total. The van der Waals surface area contributed by atoms with Gasteiger partial charge in [-0.25, -0.2) is 0 Å². The number of anilines is 1. The van der Waals surface area contributed by atoms with Crippen molar-refractivity contribution < 1.29 is 9.53 Å². The van der Waals surface area contributed by atoms with Gasteiger partial charge in [-0.15, -0.1) is 0 Å². The quantitative estimate of drug-likeness (QED) is 0.787. The van der Waals surface area contributed by atoms with Gasteiger partial charge in [-0.2, -0.15) is 0 Å². The number of hydrogen-bond donors (Lipinski definition) is 1. The average molecular weight is 362 g/mol. The second-order valence-electron chi connectivity index (χ2n) is 5.19. The van der Waals surface area contributed by atoms with E-state index in [0.717, 1.165) is 27.9 Å². The van der Waals surface area contributed by atoms with Crippen LogP contribution in [0.1, 0.15) is 31.7 Å². The third-order valence-electron chi connectivity index (χ3n) is 3.55. The smallest absolute Gasteiger partial charge is 0.262 e. The van der Waals surface area contributed by atoms with Crippen LogP contribution in [-0.2, 0) is 4.79 Å². The van der Waals surface area contributed by atoms with Crippen LogP contribution in [0, 0.1) is 0 Å². The molecule has 1 amide bonds. The molecule has 22 heavy (non-hydrogen) atoms. The molecule has 0 aliphatic rings. The molecule has 0 spiro atoms. The highest BCUT2D eigenvalue weighted by Crippen LogP contribution is 2.28. The van der Waals surface area contributed by atoms with Crippen LogP contribution < -0.4 is 10.1 Å². The maximum atomic E-state index is 12.0. The number of rotatable bonds is 6. The standard InChI is InChI=1S/C18H20BrNO2/c1-3-13(2)16-6-4-5-7-17(16)22-12-18(21)20-15-10-8-14(19)9-11-15/h4-11,13H,3,12H2,1-2H3,(H,20,21). The lowest BCUT2D eigenvalue weighted by atomic mass is 9.98. The topological polar surface area (TPSA) is 38.3 Å². The van der Waals surface area contributed by atoms with E-state index < -0.39 is 0 Å². The lowest BCUT2D eigenvalue weighted by molar-refractivity contribution is -0.118.